The molecule has 2 rings (SSSR count). The number of amides is 1. The van der Waals surface area contributed by atoms with Crippen molar-refractivity contribution in [2.75, 3.05) is 19.6 Å². The Bertz CT molecular complexity index is 378. The number of piperazine rings is 1. The van der Waals surface area contributed by atoms with E-state index in [4.69, 9.17) is 0 Å². The highest BCUT2D eigenvalue weighted by molar-refractivity contribution is 5.94. The Balaban J connectivity index is 0.00000144. The fourth-order valence-electron chi connectivity index (χ4n) is 2.00. The zero-order chi connectivity index (χ0) is 11.5. The number of carbonyl (C=O) groups excluding carboxylic acids is 1. The molecule has 1 fully saturated rings. The van der Waals surface area contributed by atoms with Gasteiger partial charge in [-0.05, 0) is 26.0 Å². The molecule has 1 aromatic rings. The third-order valence-corrected chi connectivity index (χ3v) is 2.95. The van der Waals surface area contributed by atoms with Crippen molar-refractivity contribution < 1.29 is 4.79 Å². The van der Waals surface area contributed by atoms with E-state index in [1.54, 1.807) is 0 Å². The molecule has 1 aromatic carbocycles. The van der Waals surface area contributed by atoms with E-state index in [9.17, 15) is 4.79 Å². The largest absolute Gasteiger partial charge is 0.336 e. The predicted octanol–water partition coefficient (Wildman–Crippen LogP) is 1.85. The van der Waals surface area contributed by atoms with Gasteiger partial charge in [0.15, 0.2) is 0 Å². The number of hydrogen-bond donors (Lipinski definition) is 1. The standard InChI is InChI=1S/C13H18N2O.ClH/c1-10-3-5-12(6-4-10)13(16)15-8-7-14-11(2)9-15;/h3-6,11,14H,7-9H2,1-2H3;1H/t11-;/m0./s1. The molecule has 0 unspecified atom stereocenters. The SMILES string of the molecule is Cc1ccc(C(=O)N2CCN[C@@H](C)C2)cc1.Cl. The number of carbonyl (C=O) groups is 1. The number of aryl methyl sites for hydroxylation is 1. The van der Waals surface area contributed by atoms with Crippen LogP contribution < -0.4 is 5.32 Å². The summed E-state index contributed by atoms with van der Waals surface area (Å²) in [6.45, 7) is 6.62. The molecule has 17 heavy (non-hydrogen) atoms. The van der Waals surface area contributed by atoms with Crippen molar-refractivity contribution in [1.82, 2.24) is 10.2 Å². The maximum absolute atomic E-state index is 12.2. The molecule has 0 spiro atoms. The number of hydrogen-bond acceptors (Lipinski definition) is 2. The summed E-state index contributed by atoms with van der Waals surface area (Å²) in [6.07, 6.45) is 0. The lowest BCUT2D eigenvalue weighted by Gasteiger charge is -2.32. The summed E-state index contributed by atoms with van der Waals surface area (Å²) in [7, 11) is 0. The second kappa shape index (κ2) is 6.03. The molecule has 1 N–H and O–H groups in total. The Morgan fingerprint density at radius 2 is 2.00 bits per heavy atom. The fraction of sp³-hybridized carbons (Fsp3) is 0.462. The number of nitrogens with one attached hydrogen (secondary N) is 1. The molecule has 1 saturated heterocycles. The lowest BCUT2D eigenvalue weighted by atomic mass is 10.1. The minimum atomic E-state index is 0. The third kappa shape index (κ3) is 3.45. The van der Waals surface area contributed by atoms with Crippen LogP contribution in [0.2, 0.25) is 0 Å². The molecule has 1 aliphatic heterocycles. The van der Waals surface area contributed by atoms with Crippen LogP contribution in [0.4, 0.5) is 0 Å². The summed E-state index contributed by atoms with van der Waals surface area (Å²) < 4.78 is 0. The molecule has 0 aromatic heterocycles. The summed E-state index contributed by atoms with van der Waals surface area (Å²) in [4.78, 5) is 14.1. The molecule has 3 nitrogen and oxygen atoms in total. The zero-order valence-corrected chi connectivity index (χ0v) is 11.1. The lowest BCUT2D eigenvalue weighted by Crippen LogP contribution is -2.51. The van der Waals surface area contributed by atoms with Gasteiger partial charge in [-0.3, -0.25) is 4.79 Å². The lowest BCUT2D eigenvalue weighted by molar-refractivity contribution is 0.0709. The van der Waals surface area contributed by atoms with E-state index < -0.39 is 0 Å². The zero-order valence-electron chi connectivity index (χ0n) is 10.3. The first-order chi connectivity index (χ1) is 7.66. The van der Waals surface area contributed by atoms with E-state index in [2.05, 4.69) is 12.2 Å². The van der Waals surface area contributed by atoms with Gasteiger partial charge in [-0.1, -0.05) is 17.7 Å². The van der Waals surface area contributed by atoms with Gasteiger partial charge < -0.3 is 10.2 Å². The second-order valence-corrected chi connectivity index (χ2v) is 4.47. The number of rotatable bonds is 1. The Kier molecular flexibility index (Phi) is 4.97. The van der Waals surface area contributed by atoms with Crippen LogP contribution in [0.5, 0.6) is 0 Å². The van der Waals surface area contributed by atoms with Crippen molar-refractivity contribution in [3.63, 3.8) is 0 Å². The average Bonchev–Trinajstić information content (AvgIpc) is 2.29. The van der Waals surface area contributed by atoms with Gasteiger partial charge in [0.2, 0.25) is 0 Å². The highest BCUT2D eigenvalue weighted by Gasteiger charge is 2.21. The van der Waals surface area contributed by atoms with Crippen molar-refractivity contribution in [2.24, 2.45) is 0 Å². The van der Waals surface area contributed by atoms with E-state index in [-0.39, 0.29) is 18.3 Å². The Morgan fingerprint density at radius 1 is 1.35 bits per heavy atom. The molecule has 0 aliphatic carbocycles. The third-order valence-electron chi connectivity index (χ3n) is 2.95. The molecule has 4 heteroatoms. The van der Waals surface area contributed by atoms with Gasteiger partial charge in [-0.25, -0.2) is 0 Å². The molecule has 0 radical (unpaired) electrons. The van der Waals surface area contributed by atoms with Gasteiger partial charge in [-0.2, -0.15) is 0 Å². The van der Waals surface area contributed by atoms with E-state index in [0.717, 1.165) is 25.2 Å². The van der Waals surface area contributed by atoms with E-state index >= 15 is 0 Å². The molecule has 1 atom stereocenters. The van der Waals surface area contributed by atoms with Crippen LogP contribution in [0.3, 0.4) is 0 Å². The van der Waals surface area contributed by atoms with E-state index in [1.807, 2.05) is 36.1 Å². The van der Waals surface area contributed by atoms with Gasteiger partial charge >= 0.3 is 0 Å². The van der Waals surface area contributed by atoms with Crippen molar-refractivity contribution >= 4 is 18.3 Å². The van der Waals surface area contributed by atoms with Crippen LogP contribution in [0, 0.1) is 6.92 Å². The smallest absolute Gasteiger partial charge is 0.253 e. The van der Waals surface area contributed by atoms with E-state index in [0.29, 0.717) is 6.04 Å². The van der Waals surface area contributed by atoms with Crippen LogP contribution in [-0.4, -0.2) is 36.5 Å². The summed E-state index contributed by atoms with van der Waals surface area (Å²) in [5, 5.41) is 3.33. The van der Waals surface area contributed by atoms with Crippen LogP contribution in [-0.2, 0) is 0 Å². The number of halogens is 1. The quantitative estimate of drug-likeness (QED) is 0.830. The maximum atomic E-state index is 12.2. The minimum absolute atomic E-state index is 0. The second-order valence-electron chi connectivity index (χ2n) is 4.47. The fourth-order valence-corrected chi connectivity index (χ4v) is 2.00. The summed E-state index contributed by atoms with van der Waals surface area (Å²) >= 11 is 0. The van der Waals surface area contributed by atoms with Crippen molar-refractivity contribution in [1.29, 1.82) is 0 Å². The van der Waals surface area contributed by atoms with Crippen molar-refractivity contribution in [3.05, 3.63) is 35.4 Å². The van der Waals surface area contributed by atoms with Crippen LogP contribution in [0.25, 0.3) is 0 Å². The van der Waals surface area contributed by atoms with E-state index in [1.165, 1.54) is 5.56 Å². The van der Waals surface area contributed by atoms with Crippen LogP contribution >= 0.6 is 12.4 Å². The molecular weight excluding hydrogens is 236 g/mol. The summed E-state index contributed by atoms with van der Waals surface area (Å²) in [5.74, 6) is 0.147. The first kappa shape index (κ1) is 14.0. The Labute approximate surface area is 109 Å². The summed E-state index contributed by atoms with van der Waals surface area (Å²) in [6, 6.07) is 8.18. The molecule has 1 amide bonds. The molecule has 0 bridgehead atoms. The van der Waals surface area contributed by atoms with Gasteiger partial charge in [0, 0.05) is 31.2 Å². The van der Waals surface area contributed by atoms with Crippen molar-refractivity contribution in [2.45, 2.75) is 19.9 Å². The average molecular weight is 255 g/mol. The van der Waals surface area contributed by atoms with Crippen LogP contribution in [0.15, 0.2) is 24.3 Å². The first-order valence-electron chi connectivity index (χ1n) is 5.76. The topological polar surface area (TPSA) is 32.3 Å². The number of nitrogens with zero attached hydrogens (tertiary/aromatic N) is 1. The van der Waals surface area contributed by atoms with Gasteiger partial charge in [0.25, 0.3) is 5.91 Å². The molecule has 1 heterocycles. The first-order valence-corrected chi connectivity index (χ1v) is 5.76. The minimum Gasteiger partial charge on any atom is -0.336 e. The molecular formula is C13H19ClN2O. The normalized spacial score (nSPS) is 19.6. The van der Waals surface area contributed by atoms with Crippen molar-refractivity contribution in [3.8, 4) is 0 Å². The Morgan fingerprint density at radius 3 is 2.59 bits per heavy atom. The Hall–Kier alpha value is -1.06. The number of benzene rings is 1. The monoisotopic (exact) mass is 254 g/mol. The van der Waals surface area contributed by atoms with Crippen LogP contribution in [0.1, 0.15) is 22.8 Å². The van der Waals surface area contributed by atoms with Gasteiger partial charge in [0.05, 0.1) is 0 Å². The highest BCUT2D eigenvalue weighted by atomic mass is 35.5. The molecule has 0 saturated carbocycles. The van der Waals surface area contributed by atoms with Gasteiger partial charge in [-0.15, -0.1) is 12.4 Å². The summed E-state index contributed by atoms with van der Waals surface area (Å²) in [5.41, 5.74) is 1.98. The maximum Gasteiger partial charge on any atom is 0.253 e. The highest BCUT2D eigenvalue weighted by Crippen LogP contribution is 2.09. The molecule has 1 aliphatic rings. The predicted molar refractivity (Wildman–Crippen MR) is 71.8 cm³/mol. The van der Waals surface area contributed by atoms with Gasteiger partial charge in [0.1, 0.15) is 0 Å². The molecule has 94 valence electrons.